The number of nitrogens with zero attached hydrogens (tertiary/aromatic N) is 1. The molecule has 1 aromatic rings. The van der Waals surface area contributed by atoms with Crippen molar-refractivity contribution < 1.29 is 9.59 Å². The molecule has 1 heterocycles. The van der Waals surface area contributed by atoms with Gasteiger partial charge in [0.25, 0.3) is 0 Å². The molecular weight excluding hydrogens is 308 g/mol. The molecule has 0 aromatic heterocycles. The van der Waals surface area contributed by atoms with Crippen LogP contribution in [0.1, 0.15) is 25.8 Å². The molecule has 19 heavy (non-hydrogen) atoms. The number of hydrogen-bond donors (Lipinski definition) is 1. The molecule has 0 saturated carbocycles. The first-order valence-corrected chi connectivity index (χ1v) is 7.11. The van der Waals surface area contributed by atoms with Gasteiger partial charge in [0.15, 0.2) is 0 Å². The second-order valence-electron chi connectivity index (χ2n) is 4.94. The van der Waals surface area contributed by atoms with Crippen LogP contribution in [0.3, 0.4) is 0 Å². The molecule has 0 radical (unpaired) electrons. The van der Waals surface area contributed by atoms with Gasteiger partial charge in [-0.2, -0.15) is 0 Å². The Balaban J connectivity index is 2.21. The highest BCUT2D eigenvalue weighted by Crippen LogP contribution is 2.18. The summed E-state index contributed by atoms with van der Waals surface area (Å²) >= 11 is 3.42. The summed E-state index contributed by atoms with van der Waals surface area (Å²) in [5, 5.41) is 2.71. The third-order valence-electron chi connectivity index (χ3n) is 3.29. The van der Waals surface area contributed by atoms with Gasteiger partial charge in [-0.3, -0.25) is 9.59 Å². The van der Waals surface area contributed by atoms with E-state index in [4.69, 9.17) is 0 Å². The predicted octanol–water partition coefficient (Wildman–Crippen LogP) is 2.07. The van der Waals surface area contributed by atoms with Crippen molar-refractivity contribution in [1.29, 1.82) is 0 Å². The van der Waals surface area contributed by atoms with Crippen LogP contribution in [0.15, 0.2) is 28.7 Å². The van der Waals surface area contributed by atoms with Gasteiger partial charge < -0.3 is 10.2 Å². The van der Waals surface area contributed by atoms with E-state index in [2.05, 4.69) is 21.2 Å². The van der Waals surface area contributed by atoms with E-state index in [0.717, 1.165) is 10.0 Å². The second kappa shape index (κ2) is 5.74. The van der Waals surface area contributed by atoms with Crippen LogP contribution in [0.25, 0.3) is 0 Å². The van der Waals surface area contributed by atoms with Gasteiger partial charge in [0.05, 0.1) is 0 Å². The lowest BCUT2D eigenvalue weighted by molar-refractivity contribution is -0.135. The topological polar surface area (TPSA) is 49.4 Å². The molecular formula is C14H17BrN2O2. The van der Waals surface area contributed by atoms with Gasteiger partial charge in [0.1, 0.15) is 6.04 Å². The van der Waals surface area contributed by atoms with Gasteiger partial charge in [-0.1, -0.05) is 28.1 Å². The fourth-order valence-corrected chi connectivity index (χ4v) is 2.72. The summed E-state index contributed by atoms with van der Waals surface area (Å²) in [6.45, 7) is 4.17. The molecule has 0 spiro atoms. The maximum atomic E-state index is 12.3. The summed E-state index contributed by atoms with van der Waals surface area (Å²) in [6.07, 6.45) is 0.351. The molecule has 5 heteroatoms. The minimum absolute atomic E-state index is 0.0293. The molecule has 4 nitrogen and oxygen atoms in total. The smallest absolute Gasteiger partial charge is 0.245 e. The maximum Gasteiger partial charge on any atom is 0.245 e. The van der Waals surface area contributed by atoms with Crippen molar-refractivity contribution in [2.75, 3.05) is 0 Å². The molecule has 0 bridgehead atoms. The zero-order valence-corrected chi connectivity index (χ0v) is 12.6. The van der Waals surface area contributed by atoms with Gasteiger partial charge in [-0.25, -0.2) is 0 Å². The average molecular weight is 325 g/mol. The Morgan fingerprint density at radius 1 is 1.37 bits per heavy atom. The SMILES string of the molecule is CC1NC(=O)CC(C)N(Cc2cccc(Br)c2)C1=O. The number of carbonyl (C=O) groups is 2. The second-order valence-corrected chi connectivity index (χ2v) is 5.85. The lowest BCUT2D eigenvalue weighted by Gasteiger charge is -2.28. The largest absolute Gasteiger partial charge is 0.345 e. The number of halogens is 1. The molecule has 1 aliphatic heterocycles. The number of amides is 2. The summed E-state index contributed by atoms with van der Waals surface area (Å²) in [7, 11) is 0. The number of benzene rings is 1. The number of hydrogen-bond acceptors (Lipinski definition) is 2. The van der Waals surface area contributed by atoms with Gasteiger partial charge in [-0.05, 0) is 31.5 Å². The number of carbonyl (C=O) groups excluding carboxylic acids is 2. The van der Waals surface area contributed by atoms with E-state index in [1.165, 1.54) is 0 Å². The first kappa shape index (κ1) is 14.1. The Kier molecular flexibility index (Phi) is 4.24. The van der Waals surface area contributed by atoms with Crippen molar-refractivity contribution in [3.8, 4) is 0 Å². The summed E-state index contributed by atoms with van der Waals surface area (Å²) in [5.41, 5.74) is 1.05. The Hall–Kier alpha value is -1.36. The normalized spacial score (nSPS) is 24.1. The first-order chi connectivity index (χ1) is 8.97. The molecule has 102 valence electrons. The molecule has 0 aliphatic carbocycles. The summed E-state index contributed by atoms with van der Waals surface area (Å²) < 4.78 is 0.988. The van der Waals surface area contributed by atoms with Crippen molar-refractivity contribution in [2.45, 2.75) is 38.9 Å². The van der Waals surface area contributed by atoms with E-state index >= 15 is 0 Å². The highest BCUT2D eigenvalue weighted by molar-refractivity contribution is 9.10. The van der Waals surface area contributed by atoms with Crippen LogP contribution in [-0.2, 0) is 16.1 Å². The fourth-order valence-electron chi connectivity index (χ4n) is 2.27. The van der Waals surface area contributed by atoms with Crippen molar-refractivity contribution in [2.24, 2.45) is 0 Å². The highest BCUT2D eigenvalue weighted by Gasteiger charge is 2.31. The number of rotatable bonds is 2. The van der Waals surface area contributed by atoms with Gasteiger partial charge in [0, 0.05) is 23.5 Å². The fraction of sp³-hybridized carbons (Fsp3) is 0.429. The first-order valence-electron chi connectivity index (χ1n) is 6.31. The molecule has 1 saturated heterocycles. The monoisotopic (exact) mass is 324 g/mol. The van der Waals surface area contributed by atoms with E-state index in [1.807, 2.05) is 31.2 Å². The van der Waals surface area contributed by atoms with Crippen molar-refractivity contribution >= 4 is 27.7 Å². The molecule has 2 rings (SSSR count). The quantitative estimate of drug-likeness (QED) is 0.905. The predicted molar refractivity (Wildman–Crippen MR) is 76.4 cm³/mol. The maximum absolute atomic E-state index is 12.3. The van der Waals surface area contributed by atoms with Crippen LogP contribution in [0, 0.1) is 0 Å². The van der Waals surface area contributed by atoms with E-state index in [-0.39, 0.29) is 17.9 Å². The Labute approximate surface area is 121 Å². The molecule has 1 aromatic carbocycles. The van der Waals surface area contributed by atoms with E-state index in [1.54, 1.807) is 11.8 Å². The molecule has 1 fully saturated rings. The lowest BCUT2D eigenvalue weighted by atomic mass is 10.1. The van der Waals surface area contributed by atoms with E-state index in [9.17, 15) is 9.59 Å². The van der Waals surface area contributed by atoms with Crippen LogP contribution in [0.4, 0.5) is 0 Å². The molecule has 2 amide bonds. The molecule has 2 atom stereocenters. The van der Waals surface area contributed by atoms with Crippen molar-refractivity contribution in [3.05, 3.63) is 34.3 Å². The summed E-state index contributed by atoms with van der Waals surface area (Å²) in [5.74, 6) is -0.0941. The Bertz CT molecular complexity index is 504. The zero-order valence-electron chi connectivity index (χ0n) is 11.0. The van der Waals surface area contributed by atoms with Crippen LogP contribution in [0.5, 0.6) is 0 Å². The van der Waals surface area contributed by atoms with Crippen LogP contribution in [0.2, 0.25) is 0 Å². The Morgan fingerprint density at radius 2 is 2.11 bits per heavy atom. The minimum atomic E-state index is -0.454. The van der Waals surface area contributed by atoms with Crippen LogP contribution < -0.4 is 5.32 Å². The third kappa shape index (κ3) is 3.35. The zero-order chi connectivity index (χ0) is 14.0. The molecule has 1 aliphatic rings. The average Bonchev–Trinajstić information content (AvgIpc) is 2.41. The van der Waals surface area contributed by atoms with Crippen LogP contribution >= 0.6 is 15.9 Å². The van der Waals surface area contributed by atoms with Gasteiger partial charge in [0.2, 0.25) is 11.8 Å². The van der Waals surface area contributed by atoms with Crippen molar-refractivity contribution in [3.63, 3.8) is 0 Å². The third-order valence-corrected chi connectivity index (χ3v) is 3.78. The van der Waals surface area contributed by atoms with E-state index < -0.39 is 6.04 Å². The number of nitrogens with one attached hydrogen (secondary N) is 1. The summed E-state index contributed by atoms with van der Waals surface area (Å²) in [4.78, 5) is 25.7. The standard InChI is InChI=1S/C14H17BrN2O2/c1-9-6-13(18)16-10(2)14(19)17(9)8-11-4-3-5-12(15)7-11/h3-5,7,9-10H,6,8H2,1-2H3,(H,16,18). The molecule has 1 N–H and O–H groups in total. The van der Waals surface area contributed by atoms with Crippen molar-refractivity contribution in [1.82, 2.24) is 10.2 Å². The molecule has 2 unspecified atom stereocenters. The summed E-state index contributed by atoms with van der Waals surface area (Å²) in [6, 6.07) is 7.32. The van der Waals surface area contributed by atoms with Crippen LogP contribution in [-0.4, -0.2) is 28.8 Å². The highest BCUT2D eigenvalue weighted by atomic mass is 79.9. The van der Waals surface area contributed by atoms with E-state index in [0.29, 0.717) is 13.0 Å². The van der Waals surface area contributed by atoms with Gasteiger partial charge >= 0.3 is 0 Å². The Morgan fingerprint density at radius 3 is 2.79 bits per heavy atom. The van der Waals surface area contributed by atoms with Gasteiger partial charge in [-0.15, -0.1) is 0 Å². The lowest BCUT2D eigenvalue weighted by Crippen LogP contribution is -2.44. The minimum Gasteiger partial charge on any atom is -0.345 e.